The van der Waals surface area contributed by atoms with Crippen molar-refractivity contribution in [3.8, 4) is 0 Å². The first-order valence-corrected chi connectivity index (χ1v) is 8.01. The van der Waals surface area contributed by atoms with Crippen molar-refractivity contribution in [2.24, 2.45) is 5.92 Å². The number of halogens is 1. The van der Waals surface area contributed by atoms with Crippen molar-refractivity contribution in [2.75, 3.05) is 11.9 Å². The number of hydrogen-bond donors (Lipinski definition) is 1. The SMILES string of the molecule is CCCn1ncc(NCC2CCCCC2)c(Br)c1=O. The molecule has 0 saturated heterocycles. The van der Waals surface area contributed by atoms with Crippen LogP contribution in [0.5, 0.6) is 0 Å². The van der Waals surface area contributed by atoms with E-state index < -0.39 is 0 Å². The van der Waals surface area contributed by atoms with Crippen molar-refractivity contribution in [3.63, 3.8) is 0 Å². The number of nitrogens with one attached hydrogen (secondary N) is 1. The first-order chi connectivity index (χ1) is 9.22. The molecule has 4 nitrogen and oxygen atoms in total. The van der Waals surface area contributed by atoms with E-state index in [0.717, 1.165) is 24.6 Å². The zero-order chi connectivity index (χ0) is 13.7. The second-order valence-electron chi connectivity index (χ2n) is 5.29. The molecule has 0 aromatic carbocycles. The fourth-order valence-electron chi connectivity index (χ4n) is 2.60. The van der Waals surface area contributed by atoms with Crippen molar-refractivity contribution in [2.45, 2.75) is 52.0 Å². The largest absolute Gasteiger partial charge is 0.382 e. The van der Waals surface area contributed by atoms with Crippen molar-refractivity contribution >= 4 is 21.6 Å². The number of aromatic nitrogens is 2. The molecule has 19 heavy (non-hydrogen) atoms. The lowest BCUT2D eigenvalue weighted by Crippen LogP contribution is -2.25. The Morgan fingerprint density at radius 2 is 2.16 bits per heavy atom. The van der Waals surface area contributed by atoms with E-state index >= 15 is 0 Å². The molecule has 0 spiro atoms. The van der Waals surface area contributed by atoms with Crippen LogP contribution < -0.4 is 10.9 Å². The van der Waals surface area contributed by atoms with E-state index in [4.69, 9.17) is 0 Å². The van der Waals surface area contributed by atoms with Crippen LogP contribution >= 0.6 is 15.9 Å². The van der Waals surface area contributed by atoms with Crippen molar-refractivity contribution in [3.05, 3.63) is 21.0 Å². The maximum absolute atomic E-state index is 12.0. The molecule has 0 radical (unpaired) electrons. The molecule has 0 bridgehead atoms. The molecule has 5 heteroatoms. The van der Waals surface area contributed by atoms with Gasteiger partial charge < -0.3 is 5.32 Å². The van der Waals surface area contributed by atoms with Crippen LogP contribution in [0, 0.1) is 5.92 Å². The highest BCUT2D eigenvalue weighted by Gasteiger charge is 2.14. The summed E-state index contributed by atoms with van der Waals surface area (Å²) in [7, 11) is 0. The van der Waals surface area contributed by atoms with E-state index in [0.29, 0.717) is 11.0 Å². The molecule has 1 aromatic rings. The molecule has 1 fully saturated rings. The first kappa shape index (κ1) is 14.6. The average molecular weight is 328 g/mol. The average Bonchev–Trinajstić information content (AvgIpc) is 2.44. The summed E-state index contributed by atoms with van der Waals surface area (Å²) in [5.74, 6) is 0.735. The topological polar surface area (TPSA) is 46.9 Å². The van der Waals surface area contributed by atoms with Gasteiger partial charge in [0.1, 0.15) is 4.47 Å². The number of rotatable bonds is 5. The molecule has 0 aliphatic heterocycles. The summed E-state index contributed by atoms with van der Waals surface area (Å²) in [6.45, 7) is 3.65. The van der Waals surface area contributed by atoms with Gasteiger partial charge in [-0.05, 0) is 41.1 Å². The Morgan fingerprint density at radius 1 is 1.42 bits per heavy atom. The Hall–Kier alpha value is -0.840. The smallest absolute Gasteiger partial charge is 0.283 e. The molecule has 1 saturated carbocycles. The molecule has 0 unspecified atom stereocenters. The third kappa shape index (κ3) is 3.81. The molecule has 0 atom stereocenters. The highest BCUT2D eigenvalue weighted by Crippen LogP contribution is 2.25. The van der Waals surface area contributed by atoms with Gasteiger partial charge in [0, 0.05) is 13.1 Å². The van der Waals surface area contributed by atoms with E-state index in [9.17, 15) is 4.79 Å². The van der Waals surface area contributed by atoms with Crippen molar-refractivity contribution < 1.29 is 0 Å². The van der Waals surface area contributed by atoms with E-state index in [1.807, 2.05) is 6.92 Å². The summed E-state index contributed by atoms with van der Waals surface area (Å²) >= 11 is 3.39. The molecule has 106 valence electrons. The molecule has 1 aliphatic carbocycles. The summed E-state index contributed by atoms with van der Waals surface area (Å²) in [5, 5.41) is 7.57. The molecule has 1 heterocycles. The molecular formula is C14H22BrN3O. The maximum atomic E-state index is 12.0. The predicted molar refractivity (Wildman–Crippen MR) is 81.6 cm³/mol. The molecule has 1 aliphatic rings. The van der Waals surface area contributed by atoms with E-state index in [2.05, 4.69) is 26.3 Å². The minimum atomic E-state index is -0.0458. The van der Waals surface area contributed by atoms with Gasteiger partial charge in [0.05, 0.1) is 11.9 Å². The fourth-order valence-corrected chi connectivity index (χ4v) is 3.05. The first-order valence-electron chi connectivity index (χ1n) is 7.22. The molecule has 0 amide bonds. The van der Waals surface area contributed by atoms with Crippen LogP contribution in [-0.4, -0.2) is 16.3 Å². The van der Waals surface area contributed by atoms with Gasteiger partial charge in [-0.15, -0.1) is 0 Å². The van der Waals surface area contributed by atoms with Gasteiger partial charge in [-0.1, -0.05) is 26.2 Å². The van der Waals surface area contributed by atoms with Crippen LogP contribution in [0.4, 0.5) is 5.69 Å². The Balaban J connectivity index is 2.00. The summed E-state index contributed by atoms with van der Waals surface area (Å²) < 4.78 is 2.11. The number of hydrogen-bond acceptors (Lipinski definition) is 3. The zero-order valence-electron chi connectivity index (χ0n) is 11.5. The normalized spacial score (nSPS) is 16.5. The fraction of sp³-hybridized carbons (Fsp3) is 0.714. The Labute approximate surface area is 122 Å². The Morgan fingerprint density at radius 3 is 2.84 bits per heavy atom. The van der Waals surface area contributed by atoms with Crippen LogP contribution in [-0.2, 0) is 6.54 Å². The quantitative estimate of drug-likeness (QED) is 0.901. The summed E-state index contributed by atoms with van der Waals surface area (Å²) in [4.78, 5) is 12.0. The van der Waals surface area contributed by atoms with Gasteiger partial charge in [-0.25, -0.2) is 4.68 Å². The number of aryl methyl sites for hydroxylation is 1. The van der Waals surface area contributed by atoms with Crippen LogP contribution in [0.2, 0.25) is 0 Å². The van der Waals surface area contributed by atoms with E-state index in [-0.39, 0.29) is 5.56 Å². The lowest BCUT2D eigenvalue weighted by Gasteiger charge is -2.22. The molecular weight excluding hydrogens is 306 g/mol. The molecule has 2 rings (SSSR count). The zero-order valence-corrected chi connectivity index (χ0v) is 13.1. The molecule has 1 N–H and O–H groups in total. The van der Waals surface area contributed by atoms with E-state index in [1.54, 1.807) is 6.20 Å². The van der Waals surface area contributed by atoms with Crippen LogP contribution in [0.25, 0.3) is 0 Å². The lowest BCUT2D eigenvalue weighted by atomic mass is 9.89. The Kier molecular flexibility index (Phi) is 5.43. The predicted octanol–water partition coefficient (Wildman–Crippen LogP) is 3.41. The van der Waals surface area contributed by atoms with Crippen LogP contribution in [0.3, 0.4) is 0 Å². The van der Waals surface area contributed by atoms with Gasteiger partial charge in [0.2, 0.25) is 0 Å². The van der Waals surface area contributed by atoms with Gasteiger partial charge in [0.15, 0.2) is 0 Å². The number of nitrogens with zero attached hydrogens (tertiary/aromatic N) is 2. The van der Waals surface area contributed by atoms with Crippen molar-refractivity contribution in [1.82, 2.24) is 9.78 Å². The summed E-state index contributed by atoms with van der Waals surface area (Å²) in [5.41, 5.74) is 0.776. The number of anilines is 1. The minimum Gasteiger partial charge on any atom is -0.382 e. The summed E-state index contributed by atoms with van der Waals surface area (Å²) in [6, 6.07) is 0. The molecule has 1 aromatic heterocycles. The van der Waals surface area contributed by atoms with Crippen LogP contribution in [0.15, 0.2) is 15.5 Å². The van der Waals surface area contributed by atoms with Gasteiger partial charge >= 0.3 is 0 Å². The standard InChI is InChI=1S/C14H22BrN3O/c1-2-8-18-14(19)13(15)12(10-17-18)16-9-11-6-4-3-5-7-11/h10-11,16H,2-9H2,1H3. The van der Waals surface area contributed by atoms with E-state index in [1.165, 1.54) is 36.8 Å². The Bertz CT molecular complexity index is 466. The summed E-state index contributed by atoms with van der Waals surface area (Å²) in [6.07, 6.45) is 9.30. The third-order valence-corrected chi connectivity index (χ3v) is 4.49. The van der Waals surface area contributed by atoms with Crippen LogP contribution in [0.1, 0.15) is 45.4 Å². The van der Waals surface area contributed by atoms with Gasteiger partial charge in [-0.3, -0.25) is 4.79 Å². The monoisotopic (exact) mass is 327 g/mol. The highest BCUT2D eigenvalue weighted by atomic mass is 79.9. The maximum Gasteiger partial charge on any atom is 0.283 e. The van der Waals surface area contributed by atoms with Crippen molar-refractivity contribution in [1.29, 1.82) is 0 Å². The van der Waals surface area contributed by atoms with Gasteiger partial charge in [0.25, 0.3) is 5.56 Å². The third-order valence-electron chi connectivity index (χ3n) is 3.73. The second kappa shape index (κ2) is 7.08. The second-order valence-corrected chi connectivity index (χ2v) is 6.08. The van der Waals surface area contributed by atoms with Gasteiger partial charge in [-0.2, -0.15) is 5.10 Å². The lowest BCUT2D eigenvalue weighted by molar-refractivity contribution is 0.373. The highest BCUT2D eigenvalue weighted by molar-refractivity contribution is 9.10. The minimum absolute atomic E-state index is 0.0458.